The van der Waals surface area contributed by atoms with Gasteiger partial charge in [0.2, 0.25) is 0 Å². The number of pyridine rings is 1. The van der Waals surface area contributed by atoms with Crippen LogP contribution >= 0.6 is 11.6 Å². The summed E-state index contributed by atoms with van der Waals surface area (Å²) < 4.78 is 5.70. The van der Waals surface area contributed by atoms with Gasteiger partial charge in [0.15, 0.2) is 0 Å². The van der Waals surface area contributed by atoms with Crippen LogP contribution < -0.4 is 20.3 Å². The second-order valence-electron chi connectivity index (χ2n) is 9.17. The fourth-order valence-corrected chi connectivity index (χ4v) is 4.40. The third-order valence-electron chi connectivity index (χ3n) is 5.58. The van der Waals surface area contributed by atoms with E-state index in [9.17, 15) is 0 Å². The number of nitrogens with one attached hydrogen (secondary N) is 2. The van der Waals surface area contributed by atoms with Crippen molar-refractivity contribution >= 4 is 39.7 Å². The first-order valence-electron chi connectivity index (χ1n) is 10.9. The maximum Gasteiger partial charge on any atom is 0.133 e. The highest BCUT2D eigenvalue weighted by Crippen LogP contribution is 2.37. The van der Waals surface area contributed by atoms with E-state index >= 15 is 0 Å². The summed E-state index contributed by atoms with van der Waals surface area (Å²) in [4.78, 5) is 7.32. The molecule has 2 heterocycles. The van der Waals surface area contributed by atoms with Gasteiger partial charge in [-0.05, 0) is 70.0 Å². The van der Waals surface area contributed by atoms with Gasteiger partial charge in [0.05, 0.1) is 23.7 Å². The molecule has 6 heteroatoms. The number of hydrogen-bond acceptors (Lipinski definition) is 5. The quantitative estimate of drug-likeness (QED) is 0.511. The summed E-state index contributed by atoms with van der Waals surface area (Å²) in [5.41, 5.74) is 3.17. The first kappa shape index (κ1) is 21.7. The highest BCUT2D eigenvalue weighted by atomic mass is 35.5. The molecule has 1 aliphatic rings. The van der Waals surface area contributed by atoms with Crippen LogP contribution in [0.3, 0.4) is 0 Å². The number of rotatable bonds is 5. The molecule has 2 N–H and O–H groups in total. The van der Waals surface area contributed by atoms with Gasteiger partial charge in [-0.3, -0.25) is 0 Å². The largest absolute Gasteiger partial charge is 0.496 e. The molecule has 1 aliphatic heterocycles. The van der Waals surface area contributed by atoms with Crippen molar-refractivity contribution in [1.82, 2.24) is 10.3 Å². The number of anilines is 3. The second-order valence-corrected chi connectivity index (χ2v) is 9.61. The van der Waals surface area contributed by atoms with Crippen LogP contribution in [-0.2, 0) is 0 Å². The zero-order valence-corrected chi connectivity index (χ0v) is 19.5. The monoisotopic (exact) mass is 438 g/mol. The lowest BCUT2D eigenvalue weighted by molar-refractivity contribution is 0.317. The smallest absolute Gasteiger partial charge is 0.133 e. The molecule has 0 aliphatic carbocycles. The van der Waals surface area contributed by atoms with Crippen LogP contribution in [0.15, 0.2) is 48.5 Å². The molecule has 2 aromatic carbocycles. The van der Waals surface area contributed by atoms with Crippen LogP contribution in [0.4, 0.5) is 17.2 Å². The Bertz CT molecular complexity index is 1040. The van der Waals surface area contributed by atoms with Gasteiger partial charge in [-0.15, -0.1) is 0 Å². The molecular weight excluding hydrogens is 408 g/mol. The first-order chi connectivity index (χ1) is 14.8. The topological polar surface area (TPSA) is 49.4 Å². The van der Waals surface area contributed by atoms with E-state index in [2.05, 4.69) is 42.4 Å². The van der Waals surface area contributed by atoms with E-state index in [0.29, 0.717) is 11.1 Å². The van der Waals surface area contributed by atoms with Crippen molar-refractivity contribution in [3.05, 3.63) is 53.6 Å². The molecule has 5 nitrogen and oxygen atoms in total. The maximum atomic E-state index is 6.04. The Morgan fingerprint density at radius 2 is 1.77 bits per heavy atom. The van der Waals surface area contributed by atoms with Crippen molar-refractivity contribution in [2.75, 3.05) is 30.4 Å². The Labute approximate surface area is 189 Å². The molecule has 0 radical (unpaired) electrons. The predicted molar refractivity (Wildman–Crippen MR) is 131 cm³/mol. The van der Waals surface area contributed by atoms with E-state index in [4.69, 9.17) is 21.3 Å². The molecule has 0 bridgehead atoms. The minimum atomic E-state index is 0.134. The molecule has 0 unspecified atom stereocenters. The number of ether oxygens (including phenoxy) is 1. The molecule has 1 fully saturated rings. The standard InChI is InChI=1S/C25H31ClN4O/c1-25(2,3)29-19-12-14-30(15-13-19)21-16-23(27-18-10-8-17(26)9-11-18)28-20-6-5-7-22(31-4)24(20)21/h5-11,16,19,29H,12-15H2,1-4H3,(H,27,28). The average Bonchev–Trinajstić information content (AvgIpc) is 2.74. The van der Waals surface area contributed by atoms with Crippen LogP contribution in [-0.4, -0.2) is 36.8 Å². The predicted octanol–water partition coefficient (Wildman–Crippen LogP) is 6.00. The first-order valence-corrected chi connectivity index (χ1v) is 11.2. The number of halogens is 1. The van der Waals surface area contributed by atoms with Crippen LogP contribution in [0.25, 0.3) is 10.9 Å². The molecule has 1 aromatic heterocycles. The number of piperidine rings is 1. The highest BCUT2D eigenvalue weighted by molar-refractivity contribution is 6.30. The number of methoxy groups -OCH3 is 1. The number of aromatic nitrogens is 1. The van der Waals surface area contributed by atoms with Crippen molar-refractivity contribution in [2.24, 2.45) is 0 Å². The zero-order valence-electron chi connectivity index (χ0n) is 18.7. The third kappa shape index (κ3) is 5.23. The van der Waals surface area contributed by atoms with Gasteiger partial charge in [0.1, 0.15) is 11.6 Å². The maximum absolute atomic E-state index is 6.04. The lowest BCUT2D eigenvalue weighted by Gasteiger charge is -2.38. The number of hydrogen-bond donors (Lipinski definition) is 2. The fraction of sp³-hybridized carbons (Fsp3) is 0.400. The van der Waals surface area contributed by atoms with Gasteiger partial charge in [-0.2, -0.15) is 0 Å². The molecule has 3 aromatic rings. The molecular formula is C25H31ClN4O. The van der Waals surface area contributed by atoms with Crippen LogP contribution in [0.1, 0.15) is 33.6 Å². The van der Waals surface area contributed by atoms with E-state index in [0.717, 1.165) is 59.8 Å². The van der Waals surface area contributed by atoms with Crippen LogP contribution in [0, 0.1) is 0 Å². The number of nitrogens with zero attached hydrogens (tertiary/aromatic N) is 2. The number of benzene rings is 2. The van der Waals surface area contributed by atoms with Gasteiger partial charge in [0.25, 0.3) is 0 Å². The third-order valence-corrected chi connectivity index (χ3v) is 5.84. The van der Waals surface area contributed by atoms with Crippen LogP contribution in [0.2, 0.25) is 5.02 Å². The average molecular weight is 439 g/mol. The molecule has 0 saturated carbocycles. The summed E-state index contributed by atoms with van der Waals surface area (Å²) in [6, 6.07) is 16.4. The van der Waals surface area contributed by atoms with Gasteiger partial charge in [-0.1, -0.05) is 17.7 Å². The van der Waals surface area contributed by atoms with E-state index in [1.807, 2.05) is 42.5 Å². The molecule has 164 valence electrons. The van der Waals surface area contributed by atoms with Crippen molar-refractivity contribution in [3.63, 3.8) is 0 Å². The molecule has 4 rings (SSSR count). The minimum absolute atomic E-state index is 0.134. The van der Waals surface area contributed by atoms with Gasteiger partial charge >= 0.3 is 0 Å². The Kier molecular flexibility index (Phi) is 6.26. The van der Waals surface area contributed by atoms with Crippen molar-refractivity contribution < 1.29 is 4.74 Å². The minimum Gasteiger partial charge on any atom is -0.496 e. The van der Waals surface area contributed by atoms with Gasteiger partial charge < -0.3 is 20.3 Å². The van der Waals surface area contributed by atoms with E-state index in [1.54, 1.807) is 7.11 Å². The highest BCUT2D eigenvalue weighted by Gasteiger charge is 2.25. The van der Waals surface area contributed by atoms with Crippen molar-refractivity contribution in [3.8, 4) is 5.75 Å². The van der Waals surface area contributed by atoms with E-state index in [1.165, 1.54) is 0 Å². The lowest BCUT2D eigenvalue weighted by atomic mass is 9.99. The molecule has 0 spiro atoms. The Morgan fingerprint density at radius 3 is 2.42 bits per heavy atom. The Hall–Kier alpha value is -2.50. The van der Waals surface area contributed by atoms with E-state index in [-0.39, 0.29) is 5.54 Å². The summed E-state index contributed by atoms with van der Waals surface area (Å²) >= 11 is 6.04. The lowest BCUT2D eigenvalue weighted by Crippen LogP contribution is -2.49. The van der Waals surface area contributed by atoms with Crippen molar-refractivity contribution in [1.29, 1.82) is 0 Å². The molecule has 0 amide bonds. The summed E-state index contributed by atoms with van der Waals surface area (Å²) in [5.74, 6) is 1.67. The molecule has 31 heavy (non-hydrogen) atoms. The number of fused-ring (bicyclic) bond motifs is 1. The zero-order chi connectivity index (χ0) is 22.0. The molecule has 0 atom stereocenters. The Balaban J connectivity index is 1.66. The summed E-state index contributed by atoms with van der Waals surface area (Å²) in [7, 11) is 1.72. The Morgan fingerprint density at radius 1 is 1.06 bits per heavy atom. The van der Waals surface area contributed by atoms with E-state index < -0.39 is 0 Å². The van der Waals surface area contributed by atoms with Gasteiger partial charge in [-0.25, -0.2) is 4.98 Å². The van der Waals surface area contributed by atoms with Crippen LogP contribution in [0.5, 0.6) is 5.75 Å². The SMILES string of the molecule is COc1cccc2nc(Nc3ccc(Cl)cc3)cc(N3CCC(NC(C)(C)C)CC3)c12. The fourth-order valence-electron chi connectivity index (χ4n) is 4.28. The van der Waals surface area contributed by atoms with Gasteiger partial charge in [0, 0.05) is 41.4 Å². The summed E-state index contributed by atoms with van der Waals surface area (Å²) in [5, 5.41) is 8.96. The normalized spacial score (nSPS) is 15.3. The summed E-state index contributed by atoms with van der Waals surface area (Å²) in [6.07, 6.45) is 2.21. The molecule has 1 saturated heterocycles. The second kappa shape index (κ2) is 8.93. The summed E-state index contributed by atoms with van der Waals surface area (Å²) in [6.45, 7) is 8.68. The van der Waals surface area contributed by atoms with Crippen molar-refractivity contribution in [2.45, 2.75) is 45.2 Å².